The van der Waals surface area contributed by atoms with Crippen LogP contribution in [-0.2, 0) is 0 Å². The second kappa shape index (κ2) is 4.34. The molecule has 0 amide bonds. The number of halogens is 1. The van der Waals surface area contributed by atoms with Gasteiger partial charge in [0.25, 0.3) is 0 Å². The molecule has 1 fully saturated rings. The van der Waals surface area contributed by atoms with Gasteiger partial charge in [0.1, 0.15) is 11.4 Å². The average Bonchev–Trinajstić information content (AvgIpc) is 2.33. The van der Waals surface area contributed by atoms with Gasteiger partial charge in [-0.2, -0.15) is 0 Å². The van der Waals surface area contributed by atoms with Gasteiger partial charge in [-0.1, -0.05) is 29.8 Å². The predicted octanol–water partition coefficient (Wildman–Crippen LogP) is 4.75. The number of benzene rings is 1. The van der Waals surface area contributed by atoms with Crippen molar-refractivity contribution in [2.75, 3.05) is 0 Å². The molecule has 0 radical (unpaired) electrons. The lowest BCUT2D eigenvalue weighted by Crippen LogP contribution is -2.46. The number of carbonyl (C=O) groups excluding carboxylic acids is 1. The Hall–Kier alpha value is -0.830. The summed E-state index contributed by atoms with van der Waals surface area (Å²) < 4.78 is 7.22. The van der Waals surface area contributed by atoms with E-state index in [1.54, 1.807) is 0 Å². The zero-order chi connectivity index (χ0) is 13.7. The molecular formula is C16H19BrO2. The third kappa shape index (κ3) is 2.45. The van der Waals surface area contributed by atoms with Crippen LogP contribution in [0.2, 0.25) is 0 Å². The van der Waals surface area contributed by atoms with Crippen LogP contribution < -0.4 is 4.74 Å². The molecule has 19 heavy (non-hydrogen) atoms. The quantitative estimate of drug-likeness (QED) is 0.688. The van der Waals surface area contributed by atoms with E-state index in [-0.39, 0.29) is 11.4 Å². The lowest BCUT2D eigenvalue weighted by molar-refractivity contribution is -0.0130. The Balaban J connectivity index is 1.90. The van der Waals surface area contributed by atoms with Gasteiger partial charge in [-0.3, -0.25) is 4.79 Å². The van der Waals surface area contributed by atoms with Gasteiger partial charge in [-0.25, -0.2) is 0 Å². The Bertz CT molecular complexity index is 524. The summed E-state index contributed by atoms with van der Waals surface area (Å²) in [5.41, 5.74) is 0.869. The largest absolute Gasteiger partial charge is 0.486 e. The summed E-state index contributed by atoms with van der Waals surface area (Å²) in [6.45, 7) is 4.60. The van der Waals surface area contributed by atoms with E-state index in [1.165, 1.54) is 0 Å². The van der Waals surface area contributed by atoms with Gasteiger partial charge in [0.05, 0.1) is 12.0 Å². The smallest absolute Gasteiger partial charge is 0.170 e. The summed E-state index contributed by atoms with van der Waals surface area (Å²) in [6, 6.07) is 5.69. The number of hydrogen-bond acceptors (Lipinski definition) is 2. The lowest BCUT2D eigenvalue weighted by atomic mass is 9.68. The molecule has 1 spiro atoms. The van der Waals surface area contributed by atoms with E-state index in [0.29, 0.717) is 11.8 Å². The Morgan fingerprint density at radius 3 is 2.53 bits per heavy atom. The summed E-state index contributed by atoms with van der Waals surface area (Å²) in [4.78, 5) is 12.3. The van der Waals surface area contributed by atoms with Crippen LogP contribution in [0, 0.1) is 5.41 Å². The Morgan fingerprint density at radius 2 is 1.84 bits per heavy atom. The number of hydrogen-bond donors (Lipinski definition) is 0. The Morgan fingerprint density at radius 1 is 1.16 bits per heavy atom. The van der Waals surface area contributed by atoms with Crippen molar-refractivity contribution in [2.45, 2.75) is 51.6 Å². The third-order valence-electron chi connectivity index (χ3n) is 4.57. The van der Waals surface area contributed by atoms with Crippen LogP contribution in [0.5, 0.6) is 5.75 Å². The molecule has 3 rings (SSSR count). The fourth-order valence-electron chi connectivity index (χ4n) is 3.13. The molecule has 1 heterocycles. The molecule has 1 aromatic rings. The lowest BCUT2D eigenvalue weighted by Gasteiger charge is -2.45. The van der Waals surface area contributed by atoms with Crippen LogP contribution in [0.25, 0.3) is 0 Å². The van der Waals surface area contributed by atoms with Gasteiger partial charge >= 0.3 is 0 Å². The van der Waals surface area contributed by atoms with Gasteiger partial charge in [0.2, 0.25) is 0 Å². The molecule has 102 valence electrons. The average molecular weight is 323 g/mol. The van der Waals surface area contributed by atoms with Crippen molar-refractivity contribution in [2.24, 2.45) is 5.41 Å². The van der Waals surface area contributed by atoms with E-state index in [1.807, 2.05) is 18.2 Å². The minimum absolute atomic E-state index is 0.230. The second-order valence-corrected chi connectivity index (χ2v) is 7.61. The number of carbonyl (C=O) groups is 1. The van der Waals surface area contributed by atoms with Gasteiger partial charge in [0.15, 0.2) is 5.78 Å². The number of fused-ring (bicyclic) bond motifs is 1. The Labute approximate surface area is 122 Å². The van der Waals surface area contributed by atoms with Crippen molar-refractivity contribution in [1.29, 1.82) is 0 Å². The van der Waals surface area contributed by atoms with Crippen LogP contribution in [0.1, 0.15) is 56.3 Å². The van der Waals surface area contributed by atoms with E-state index in [0.717, 1.165) is 41.5 Å². The molecule has 0 unspecified atom stereocenters. The molecule has 0 atom stereocenters. The van der Waals surface area contributed by atoms with E-state index < -0.39 is 0 Å². The van der Waals surface area contributed by atoms with E-state index in [9.17, 15) is 4.79 Å². The zero-order valence-corrected chi connectivity index (χ0v) is 13.0. The summed E-state index contributed by atoms with van der Waals surface area (Å²) >= 11 is 3.45. The van der Waals surface area contributed by atoms with Crippen LogP contribution in [0.3, 0.4) is 0 Å². The van der Waals surface area contributed by atoms with Crippen molar-refractivity contribution in [1.82, 2.24) is 0 Å². The topological polar surface area (TPSA) is 26.3 Å². The maximum absolute atomic E-state index is 12.3. The van der Waals surface area contributed by atoms with Crippen LogP contribution in [-0.4, -0.2) is 11.4 Å². The normalized spacial score (nSPS) is 23.8. The van der Waals surface area contributed by atoms with Crippen molar-refractivity contribution in [3.05, 3.63) is 28.2 Å². The molecule has 0 N–H and O–H groups in total. The molecular weight excluding hydrogens is 304 g/mol. The van der Waals surface area contributed by atoms with Crippen molar-refractivity contribution in [3.63, 3.8) is 0 Å². The van der Waals surface area contributed by atoms with E-state index in [4.69, 9.17) is 4.74 Å². The number of ether oxygens (including phenoxy) is 1. The van der Waals surface area contributed by atoms with Gasteiger partial charge in [-0.15, -0.1) is 0 Å². The molecule has 0 saturated heterocycles. The number of rotatable bonds is 0. The van der Waals surface area contributed by atoms with Crippen LogP contribution >= 0.6 is 15.9 Å². The SMILES string of the molecule is CC1(C)CCC2(CC1)CC(=O)c1ccc(Br)cc1O2. The predicted molar refractivity (Wildman–Crippen MR) is 78.7 cm³/mol. The third-order valence-corrected chi connectivity index (χ3v) is 5.06. The van der Waals surface area contributed by atoms with Gasteiger partial charge in [0, 0.05) is 4.47 Å². The van der Waals surface area contributed by atoms with Crippen LogP contribution in [0.4, 0.5) is 0 Å². The minimum atomic E-state index is -0.250. The molecule has 1 aliphatic carbocycles. The van der Waals surface area contributed by atoms with Crippen LogP contribution in [0.15, 0.2) is 22.7 Å². The highest BCUT2D eigenvalue weighted by Crippen LogP contribution is 2.47. The van der Waals surface area contributed by atoms with Gasteiger partial charge in [-0.05, 0) is 49.3 Å². The Kier molecular flexibility index (Phi) is 3.01. The molecule has 2 aliphatic rings. The zero-order valence-electron chi connectivity index (χ0n) is 11.5. The summed E-state index contributed by atoms with van der Waals surface area (Å²) in [5.74, 6) is 0.985. The van der Waals surface area contributed by atoms with Crippen molar-refractivity contribution in [3.8, 4) is 5.75 Å². The monoisotopic (exact) mass is 322 g/mol. The fraction of sp³-hybridized carbons (Fsp3) is 0.562. The van der Waals surface area contributed by atoms with Crippen molar-refractivity contribution >= 4 is 21.7 Å². The summed E-state index contributed by atoms with van der Waals surface area (Å²) in [5, 5.41) is 0. The fourth-order valence-corrected chi connectivity index (χ4v) is 3.47. The summed E-state index contributed by atoms with van der Waals surface area (Å²) in [7, 11) is 0. The van der Waals surface area contributed by atoms with E-state index in [2.05, 4.69) is 29.8 Å². The highest BCUT2D eigenvalue weighted by molar-refractivity contribution is 9.10. The molecule has 1 aromatic carbocycles. The first-order valence-corrected chi connectivity index (χ1v) is 7.70. The summed E-state index contributed by atoms with van der Waals surface area (Å²) in [6.07, 6.45) is 4.76. The standard InChI is InChI=1S/C16H19BrO2/c1-15(2)5-7-16(8-6-15)10-13(18)12-4-3-11(17)9-14(12)19-16/h3-4,9H,5-8,10H2,1-2H3. The van der Waals surface area contributed by atoms with E-state index >= 15 is 0 Å². The van der Waals surface area contributed by atoms with Gasteiger partial charge < -0.3 is 4.74 Å². The highest BCUT2D eigenvalue weighted by atomic mass is 79.9. The molecule has 2 nitrogen and oxygen atoms in total. The first-order chi connectivity index (χ1) is 8.89. The maximum Gasteiger partial charge on any atom is 0.170 e. The first kappa shape index (κ1) is 13.2. The first-order valence-electron chi connectivity index (χ1n) is 6.91. The molecule has 1 aliphatic heterocycles. The maximum atomic E-state index is 12.3. The second-order valence-electron chi connectivity index (χ2n) is 6.69. The van der Waals surface area contributed by atoms with Crippen molar-refractivity contribution < 1.29 is 9.53 Å². The number of Topliss-reactive ketones (excluding diaryl/α,β-unsaturated/α-hetero) is 1. The molecule has 0 aromatic heterocycles. The molecule has 3 heteroatoms. The minimum Gasteiger partial charge on any atom is -0.486 e. The molecule has 0 bridgehead atoms. The number of ketones is 1. The highest BCUT2D eigenvalue weighted by Gasteiger charge is 2.44. The molecule has 1 saturated carbocycles.